The maximum absolute atomic E-state index is 12.5. The highest BCUT2D eigenvalue weighted by molar-refractivity contribution is 7.81. The largest absolute Gasteiger partial charge is 1.00 e. The van der Waals surface area contributed by atoms with E-state index >= 15 is 0 Å². The number of nitrogens with one attached hydrogen (secondary N) is 3. The Morgan fingerprint density at radius 3 is 2.46 bits per heavy atom. The normalized spacial score (nSPS) is 12.9. The molecule has 9 nitrogen and oxygen atoms in total. The summed E-state index contributed by atoms with van der Waals surface area (Å²) in [5, 5.41) is 7.95. The van der Waals surface area contributed by atoms with E-state index in [-0.39, 0.29) is 22.4 Å². The summed E-state index contributed by atoms with van der Waals surface area (Å²) in [6, 6.07) is 7.61. The molecule has 0 radical (unpaired) electrons. The van der Waals surface area contributed by atoms with Crippen LogP contribution in [0.15, 0.2) is 30.3 Å². The lowest BCUT2D eigenvalue weighted by Gasteiger charge is -2.21. The minimum atomic E-state index is -0.866. The fourth-order valence-electron chi connectivity index (χ4n) is 2.28. The molecule has 1 aromatic carbocycles. The first kappa shape index (κ1) is 23.9. The summed E-state index contributed by atoms with van der Waals surface area (Å²) in [5.74, 6) is -0.689. The van der Waals surface area contributed by atoms with Gasteiger partial charge in [-0.2, -0.15) is 12.6 Å². The summed E-state index contributed by atoms with van der Waals surface area (Å²) in [6.45, 7) is 2.11. The molecule has 2 amide bonds. The molecule has 156 valence electrons. The number of carbonyl (C=O) groups is 3. The van der Waals surface area contributed by atoms with Gasteiger partial charge in [-0.05, 0) is 31.9 Å². The second-order valence-electron chi connectivity index (χ2n) is 6.24. The van der Waals surface area contributed by atoms with E-state index in [1.807, 2.05) is 30.3 Å². The highest BCUT2D eigenvalue weighted by Gasteiger charge is 2.24. The van der Waals surface area contributed by atoms with Crippen molar-refractivity contribution in [3.05, 3.63) is 35.9 Å². The van der Waals surface area contributed by atoms with Crippen molar-refractivity contribution in [3.8, 4) is 0 Å². The molecule has 0 aromatic heterocycles. The van der Waals surface area contributed by atoms with Gasteiger partial charge in [-0.3, -0.25) is 14.9 Å². The van der Waals surface area contributed by atoms with Crippen molar-refractivity contribution in [1.29, 1.82) is 0 Å². The van der Waals surface area contributed by atoms with Gasteiger partial charge >= 0.3 is 10.4 Å². The molecular formula is C18H32N5O4S+3. The van der Waals surface area contributed by atoms with Crippen molar-refractivity contribution in [2.45, 2.75) is 44.7 Å². The molecule has 0 aliphatic heterocycles. The van der Waals surface area contributed by atoms with Crippen molar-refractivity contribution in [3.63, 3.8) is 0 Å². The van der Waals surface area contributed by atoms with E-state index in [0.717, 1.165) is 5.56 Å². The number of rotatable bonds is 12. The number of carbonyl (C=O) groups excluding carboxylic acids is 3. The summed E-state index contributed by atoms with van der Waals surface area (Å²) in [4.78, 5) is 36.2. The van der Waals surface area contributed by atoms with Gasteiger partial charge in [0.2, 0.25) is 5.91 Å². The maximum Gasteiger partial charge on any atom is 1.00 e. The Bertz CT molecular complexity index is 644. The quantitative estimate of drug-likeness (QED) is 0.162. The first-order valence-corrected chi connectivity index (χ1v) is 9.62. The molecule has 28 heavy (non-hydrogen) atoms. The molecular weight excluding hydrogens is 382 g/mol. The van der Waals surface area contributed by atoms with Gasteiger partial charge in [0.15, 0.2) is 5.78 Å². The Balaban J connectivity index is -0.00000261. The average molecular weight is 415 g/mol. The highest BCUT2D eigenvalue weighted by atomic mass is 32.1. The number of amides is 2. The van der Waals surface area contributed by atoms with Crippen molar-refractivity contribution in [1.82, 2.24) is 16.0 Å². The lowest BCUT2D eigenvalue weighted by atomic mass is 10.1. The molecule has 7 N–H and O–H groups in total. The molecule has 2 atom stereocenters. The predicted molar refractivity (Wildman–Crippen MR) is 113 cm³/mol. The molecule has 0 bridgehead atoms. The van der Waals surface area contributed by atoms with Crippen LogP contribution in [0.2, 0.25) is 0 Å². The third-order valence-electron chi connectivity index (χ3n) is 3.87. The lowest BCUT2D eigenvalue weighted by molar-refractivity contribution is -0.127. The van der Waals surface area contributed by atoms with E-state index in [2.05, 4.69) is 28.6 Å². The second-order valence-corrected chi connectivity index (χ2v) is 6.55. The molecule has 0 fully saturated rings. The van der Waals surface area contributed by atoms with Crippen molar-refractivity contribution in [2.75, 3.05) is 12.3 Å². The zero-order valence-corrected chi connectivity index (χ0v) is 16.8. The smallest absolute Gasteiger partial charge is 0.445 e. The van der Waals surface area contributed by atoms with Crippen LogP contribution in [0, 0.1) is 0 Å². The Labute approximate surface area is 174 Å². The number of alkyl carbamates (subject to hydrolysis) is 1. The summed E-state index contributed by atoms with van der Waals surface area (Å²) >= 11 is 3.91. The van der Waals surface area contributed by atoms with E-state index < -0.39 is 30.4 Å². The van der Waals surface area contributed by atoms with Crippen LogP contribution >= 0.6 is 12.6 Å². The zero-order valence-electron chi connectivity index (χ0n) is 18.9. The monoisotopic (exact) mass is 414 g/mol. The fraction of sp³-hybridized carbons (Fsp3) is 0.500. The molecule has 0 saturated carbocycles. The van der Waals surface area contributed by atoms with Crippen molar-refractivity contribution < 1.29 is 23.4 Å². The number of Topliss-reactive ketones (excluding diaryl/α,β-unsaturated/α-hetero) is 1. The van der Waals surface area contributed by atoms with E-state index in [1.54, 1.807) is 6.92 Å². The van der Waals surface area contributed by atoms with Crippen LogP contribution in [-0.2, 0) is 20.9 Å². The molecule has 1 unspecified atom stereocenters. The van der Waals surface area contributed by atoms with Gasteiger partial charge in [0, 0.05) is 0 Å². The van der Waals surface area contributed by atoms with Crippen LogP contribution in [0.5, 0.6) is 0 Å². The summed E-state index contributed by atoms with van der Waals surface area (Å²) in [7, 11) is 0. The Morgan fingerprint density at radius 1 is 1.18 bits per heavy atom. The van der Waals surface area contributed by atoms with Gasteiger partial charge < -0.3 is 26.8 Å². The minimum absolute atomic E-state index is 0. The number of hydrogen-bond donors (Lipinski definition) is 6. The number of ketones is 1. The fourth-order valence-corrected chi connectivity index (χ4v) is 2.56. The Kier molecular flexibility index (Phi) is 11.2. The molecule has 0 aliphatic carbocycles. The van der Waals surface area contributed by atoms with Gasteiger partial charge in [-0.1, -0.05) is 30.3 Å². The molecule has 0 heterocycles. The molecule has 1 aromatic rings. The Hall–Kier alpha value is -2.14. The third-order valence-corrected chi connectivity index (χ3v) is 4.18. The van der Waals surface area contributed by atoms with Gasteiger partial charge in [0.1, 0.15) is 18.9 Å². The summed E-state index contributed by atoms with van der Waals surface area (Å²) < 4.78 is 5.16. The number of nitrogens with two attached hydrogens (primary N) is 2. The van der Waals surface area contributed by atoms with Crippen LogP contribution < -0.4 is 27.4 Å². The highest BCUT2D eigenvalue weighted by Crippen LogP contribution is 2.03. The first-order chi connectivity index (χ1) is 13.3. The topological polar surface area (TPSA) is 149 Å². The van der Waals surface area contributed by atoms with E-state index in [1.165, 1.54) is 0 Å². The van der Waals surface area contributed by atoms with E-state index in [0.29, 0.717) is 19.4 Å². The van der Waals surface area contributed by atoms with Gasteiger partial charge in [-0.25, -0.2) is 4.79 Å². The summed E-state index contributed by atoms with van der Waals surface area (Å²) in [5.41, 5.74) is 11.7. The second kappa shape index (κ2) is 13.1. The predicted octanol–water partition coefficient (Wildman–Crippen LogP) is 0.193. The van der Waals surface area contributed by atoms with Crippen LogP contribution in [0.4, 0.5) is 4.79 Å². The SMILES string of the molecule is CC(NC(=O)[C@H](CCCNC(N)N)NC(=O)OCc1ccccc1)C(=O)CS.[H+].[H+].[H+]. The zero-order chi connectivity index (χ0) is 20.9. The Morgan fingerprint density at radius 2 is 1.86 bits per heavy atom. The third kappa shape index (κ3) is 9.70. The number of thiol groups is 1. The molecule has 1 rings (SSSR count). The number of benzene rings is 1. The van der Waals surface area contributed by atoms with Crippen molar-refractivity contribution in [2.24, 2.45) is 11.5 Å². The van der Waals surface area contributed by atoms with E-state index in [9.17, 15) is 14.4 Å². The molecule has 10 heteroatoms. The van der Waals surface area contributed by atoms with Crippen LogP contribution in [-0.4, -0.2) is 48.5 Å². The first-order valence-electron chi connectivity index (χ1n) is 8.99. The lowest BCUT2D eigenvalue weighted by Crippen LogP contribution is -2.51. The summed E-state index contributed by atoms with van der Waals surface area (Å²) in [6.07, 6.45) is -0.547. The number of hydrogen-bond acceptors (Lipinski definition) is 8. The van der Waals surface area contributed by atoms with E-state index in [4.69, 9.17) is 16.2 Å². The standard InChI is InChI=1S/C18H29N5O4S/c1-12(15(24)11-28)22-16(25)14(8-5-9-21-17(19)20)23-18(26)27-10-13-6-3-2-4-7-13/h2-4,6-7,12,14,17,21,28H,5,8-11,19-20H2,1H3,(H,22,25)(H,23,26)/p+3/t12?,14-/m0/s1. The van der Waals surface area contributed by atoms with Gasteiger partial charge in [0.05, 0.1) is 11.8 Å². The van der Waals surface area contributed by atoms with Crippen molar-refractivity contribution >= 4 is 30.4 Å². The molecule has 0 aliphatic rings. The number of ether oxygens (including phenoxy) is 1. The van der Waals surface area contributed by atoms with Crippen LogP contribution in [0.1, 0.15) is 29.6 Å². The van der Waals surface area contributed by atoms with Gasteiger partial charge in [0.25, 0.3) is 0 Å². The molecule has 0 saturated heterocycles. The molecule has 0 spiro atoms. The average Bonchev–Trinajstić information content (AvgIpc) is 2.68. The van der Waals surface area contributed by atoms with Crippen LogP contribution in [0.3, 0.4) is 0 Å². The van der Waals surface area contributed by atoms with Gasteiger partial charge in [-0.15, -0.1) is 0 Å². The maximum atomic E-state index is 12.5. The van der Waals surface area contributed by atoms with Crippen LogP contribution in [0.25, 0.3) is 0 Å². The minimum Gasteiger partial charge on any atom is -0.445 e.